The number of amides is 2. The molecule has 2 aromatic carbocycles. The first-order valence-corrected chi connectivity index (χ1v) is 10.5. The van der Waals surface area contributed by atoms with E-state index in [9.17, 15) is 9.59 Å². The van der Waals surface area contributed by atoms with Gasteiger partial charge in [-0.1, -0.05) is 38.1 Å². The molecule has 4 rings (SSSR count). The summed E-state index contributed by atoms with van der Waals surface area (Å²) in [6.07, 6.45) is 1.86. The highest BCUT2D eigenvalue weighted by molar-refractivity contribution is 5.94. The summed E-state index contributed by atoms with van der Waals surface area (Å²) in [5.74, 6) is 0.540. The molecule has 160 valence electrons. The van der Waals surface area contributed by atoms with Gasteiger partial charge < -0.3 is 9.80 Å². The second-order valence-electron chi connectivity index (χ2n) is 8.05. The zero-order valence-electron chi connectivity index (χ0n) is 17.8. The lowest BCUT2D eigenvalue weighted by Gasteiger charge is -2.35. The van der Waals surface area contributed by atoms with Gasteiger partial charge in [0.15, 0.2) is 0 Å². The van der Waals surface area contributed by atoms with Crippen molar-refractivity contribution in [2.75, 3.05) is 26.2 Å². The SMILES string of the molecule is CC(C)c1ccc(C(=O)N2CCN(C(=O)Cc3ccc(-n4cnnn4)cc3)CC2)cc1. The molecular formula is C23H26N6O2. The Morgan fingerprint density at radius 2 is 1.55 bits per heavy atom. The van der Waals surface area contributed by atoms with E-state index in [0.29, 0.717) is 44.1 Å². The molecule has 2 heterocycles. The van der Waals surface area contributed by atoms with Crippen molar-refractivity contribution in [2.45, 2.75) is 26.2 Å². The lowest BCUT2D eigenvalue weighted by Crippen LogP contribution is -2.51. The molecule has 0 bridgehead atoms. The molecule has 0 atom stereocenters. The van der Waals surface area contributed by atoms with Crippen LogP contribution < -0.4 is 0 Å². The van der Waals surface area contributed by atoms with Gasteiger partial charge in [0, 0.05) is 31.7 Å². The molecule has 8 heteroatoms. The second kappa shape index (κ2) is 9.07. The van der Waals surface area contributed by atoms with Gasteiger partial charge in [0.1, 0.15) is 6.33 Å². The van der Waals surface area contributed by atoms with E-state index in [1.54, 1.807) is 4.68 Å². The number of carbonyl (C=O) groups excluding carboxylic acids is 2. The number of benzene rings is 2. The summed E-state index contributed by atoms with van der Waals surface area (Å²) in [7, 11) is 0. The molecule has 0 saturated carbocycles. The Labute approximate surface area is 181 Å². The van der Waals surface area contributed by atoms with E-state index in [1.165, 1.54) is 11.9 Å². The van der Waals surface area contributed by atoms with Crippen molar-refractivity contribution in [3.63, 3.8) is 0 Å². The van der Waals surface area contributed by atoms with Gasteiger partial charge in [0.2, 0.25) is 5.91 Å². The Bertz CT molecular complexity index is 1020. The summed E-state index contributed by atoms with van der Waals surface area (Å²) in [6.45, 7) is 6.48. The Morgan fingerprint density at radius 1 is 0.903 bits per heavy atom. The van der Waals surface area contributed by atoms with Crippen LogP contribution in [0, 0.1) is 0 Å². The molecule has 2 amide bonds. The first-order chi connectivity index (χ1) is 15.0. The number of nitrogens with zero attached hydrogens (tertiary/aromatic N) is 6. The number of hydrogen-bond donors (Lipinski definition) is 0. The predicted octanol–water partition coefficient (Wildman–Crippen LogP) is 2.31. The number of aromatic nitrogens is 4. The Balaban J connectivity index is 1.30. The number of carbonyl (C=O) groups is 2. The molecule has 1 saturated heterocycles. The van der Waals surface area contributed by atoms with Crippen LogP contribution in [0.1, 0.15) is 41.3 Å². The Morgan fingerprint density at radius 3 is 2.13 bits per heavy atom. The van der Waals surface area contributed by atoms with Crippen molar-refractivity contribution < 1.29 is 9.59 Å². The van der Waals surface area contributed by atoms with Crippen LogP contribution >= 0.6 is 0 Å². The zero-order valence-corrected chi connectivity index (χ0v) is 17.8. The van der Waals surface area contributed by atoms with Crippen LogP contribution in [0.15, 0.2) is 54.9 Å². The lowest BCUT2D eigenvalue weighted by atomic mass is 10.0. The van der Waals surface area contributed by atoms with Gasteiger partial charge in [0.25, 0.3) is 5.91 Å². The van der Waals surface area contributed by atoms with Crippen molar-refractivity contribution in [1.29, 1.82) is 0 Å². The molecule has 1 aliphatic rings. The van der Waals surface area contributed by atoms with Gasteiger partial charge in [-0.2, -0.15) is 0 Å². The third-order valence-electron chi connectivity index (χ3n) is 5.65. The number of tetrazole rings is 1. The van der Waals surface area contributed by atoms with Gasteiger partial charge >= 0.3 is 0 Å². The molecule has 0 N–H and O–H groups in total. The minimum Gasteiger partial charge on any atom is -0.339 e. The average molecular weight is 419 g/mol. The van der Waals surface area contributed by atoms with Gasteiger partial charge in [-0.3, -0.25) is 9.59 Å². The molecule has 0 spiro atoms. The number of piperazine rings is 1. The molecule has 0 aliphatic carbocycles. The Kier molecular flexibility index (Phi) is 6.06. The van der Waals surface area contributed by atoms with Gasteiger partial charge in [0.05, 0.1) is 12.1 Å². The molecular weight excluding hydrogens is 392 g/mol. The monoisotopic (exact) mass is 418 g/mol. The first kappa shape index (κ1) is 20.7. The maximum Gasteiger partial charge on any atom is 0.253 e. The van der Waals surface area contributed by atoms with E-state index in [-0.39, 0.29) is 11.8 Å². The fourth-order valence-corrected chi connectivity index (χ4v) is 3.68. The highest BCUT2D eigenvalue weighted by Crippen LogP contribution is 2.17. The topological polar surface area (TPSA) is 84.2 Å². The summed E-state index contributed by atoms with van der Waals surface area (Å²) in [5.41, 5.74) is 3.70. The maximum absolute atomic E-state index is 12.8. The molecule has 0 unspecified atom stereocenters. The fraction of sp³-hybridized carbons (Fsp3) is 0.348. The van der Waals surface area contributed by atoms with Gasteiger partial charge in [-0.05, 0) is 51.7 Å². The summed E-state index contributed by atoms with van der Waals surface area (Å²) in [5, 5.41) is 11.1. The van der Waals surface area contributed by atoms with Crippen LogP contribution in [-0.4, -0.2) is 68.0 Å². The van der Waals surface area contributed by atoms with Gasteiger partial charge in [-0.25, -0.2) is 4.68 Å². The average Bonchev–Trinajstić information content (AvgIpc) is 3.34. The van der Waals surface area contributed by atoms with E-state index in [2.05, 4.69) is 29.4 Å². The van der Waals surface area contributed by atoms with Crippen LogP contribution in [-0.2, 0) is 11.2 Å². The second-order valence-corrected chi connectivity index (χ2v) is 8.05. The van der Waals surface area contributed by atoms with Gasteiger partial charge in [-0.15, -0.1) is 5.10 Å². The highest BCUT2D eigenvalue weighted by Gasteiger charge is 2.25. The molecule has 1 aliphatic heterocycles. The standard InChI is InChI=1S/C23H26N6O2/c1-17(2)19-5-7-20(8-6-19)23(31)28-13-11-27(12-14-28)22(30)15-18-3-9-21(10-4-18)29-16-24-25-26-29/h3-10,16-17H,11-15H2,1-2H3. The summed E-state index contributed by atoms with van der Waals surface area (Å²) in [4.78, 5) is 29.2. The molecule has 1 fully saturated rings. The summed E-state index contributed by atoms with van der Waals surface area (Å²) < 4.78 is 1.57. The summed E-state index contributed by atoms with van der Waals surface area (Å²) >= 11 is 0. The maximum atomic E-state index is 12.8. The minimum absolute atomic E-state index is 0.0283. The molecule has 0 radical (unpaired) electrons. The quantitative estimate of drug-likeness (QED) is 0.635. The van der Waals surface area contributed by atoms with Crippen LogP contribution in [0.5, 0.6) is 0 Å². The fourth-order valence-electron chi connectivity index (χ4n) is 3.68. The Hall–Kier alpha value is -3.55. The molecule has 8 nitrogen and oxygen atoms in total. The lowest BCUT2D eigenvalue weighted by molar-refractivity contribution is -0.131. The number of hydrogen-bond acceptors (Lipinski definition) is 5. The highest BCUT2D eigenvalue weighted by atomic mass is 16.2. The van der Waals surface area contributed by atoms with Crippen molar-refractivity contribution in [1.82, 2.24) is 30.0 Å². The zero-order chi connectivity index (χ0) is 21.8. The summed E-state index contributed by atoms with van der Waals surface area (Å²) in [6, 6.07) is 15.4. The molecule has 31 heavy (non-hydrogen) atoms. The number of rotatable bonds is 5. The van der Waals surface area contributed by atoms with Crippen molar-refractivity contribution >= 4 is 11.8 Å². The van der Waals surface area contributed by atoms with Crippen LogP contribution in [0.2, 0.25) is 0 Å². The molecule has 3 aromatic rings. The van der Waals surface area contributed by atoms with Crippen LogP contribution in [0.4, 0.5) is 0 Å². The normalized spacial score (nSPS) is 14.2. The third kappa shape index (κ3) is 4.79. The smallest absolute Gasteiger partial charge is 0.253 e. The largest absolute Gasteiger partial charge is 0.339 e. The van der Waals surface area contributed by atoms with Crippen molar-refractivity contribution in [3.05, 3.63) is 71.5 Å². The van der Waals surface area contributed by atoms with Crippen molar-refractivity contribution in [3.8, 4) is 5.69 Å². The van der Waals surface area contributed by atoms with Crippen LogP contribution in [0.3, 0.4) is 0 Å². The van der Waals surface area contributed by atoms with Crippen LogP contribution in [0.25, 0.3) is 5.69 Å². The van der Waals surface area contributed by atoms with Crippen molar-refractivity contribution in [2.24, 2.45) is 0 Å². The first-order valence-electron chi connectivity index (χ1n) is 10.5. The molecule has 1 aromatic heterocycles. The van der Waals surface area contributed by atoms with E-state index >= 15 is 0 Å². The van der Waals surface area contributed by atoms with E-state index in [4.69, 9.17) is 0 Å². The van der Waals surface area contributed by atoms with E-state index in [1.807, 2.05) is 58.3 Å². The predicted molar refractivity (Wildman–Crippen MR) is 116 cm³/mol. The third-order valence-corrected chi connectivity index (χ3v) is 5.65. The minimum atomic E-state index is 0.0283. The van der Waals surface area contributed by atoms with E-state index < -0.39 is 0 Å². The van der Waals surface area contributed by atoms with E-state index in [0.717, 1.165) is 11.3 Å².